The van der Waals surface area contributed by atoms with Gasteiger partial charge in [-0.2, -0.15) is 0 Å². The van der Waals surface area contributed by atoms with E-state index in [4.69, 9.17) is 9.47 Å². The number of carbonyl (C=O) groups excluding carboxylic acids is 1. The number of benzene rings is 2. The predicted octanol–water partition coefficient (Wildman–Crippen LogP) is 5.79. The zero-order valence-corrected chi connectivity index (χ0v) is 26.7. The normalized spacial score (nSPS) is 15.2. The van der Waals surface area contributed by atoms with Crippen LogP contribution in [0.4, 0.5) is 4.39 Å². The average molecular weight is 786 g/mol. The summed E-state index contributed by atoms with van der Waals surface area (Å²) in [4.78, 5) is 32.7. The molecule has 0 N–H and O–H groups in total. The van der Waals surface area contributed by atoms with Crippen LogP contribution in [0, 0.1) is 13.0 Å². The van der Waals surface area contributed by atoms with E-state index in [1.807, 2.05) is 35.7 Å². The molecule has 1 aliphatic rings. The van der Waals surface area contributed by atoms with Crippen molar-refractivity contribution in [3.05, 3.63) is 114 Å². The van der Waals surface area contributed by atoms with E-state index in [0.29, 0.717) is 27.2 Å². The highest BCUT2D eigenvalue weighted by Crippen LogP contribution is 2.33. The summed E-state index contributed by atoms with van der Waals surface area (Å²) in [6.45, 7) is 4.08. The largest absolute Gasteiger partial charge is 0.487 e. The van der Waals surface area contributed by atoms with Gasteiger partial charge in [-0.15, -0.1) is 11.3 Å². The molecule has 0 fully saturated rings. The molecular weight excluding hydrogens is 765 g/mol. The summed E-state index contributed by atoms with van der Waals surface area (Å²) in [5, 5.41) is 1.92. The van der Waals surface area contributed by atoms with Crippen LogP contribution in [-0.4, -0.2) is 17.1 Å². The van der Waals surface area contributed by atoms with Crippen molar-refractivity contribution >= 4 is 79.9 Å². The molecule has 4 aromatic rings. The van der Waals surface area contributed by atoms with Gasteiger partial charge in [0.2, 0.25) is 0 Å². The first-order chi connectivity index (χ1) is 18.8. The summed E-state index contributed by atoms with van der Waals surface area (Å²) < 4.78 is 28.4. The molecule has 6 nitrogen and oxygen atoms in total. The maximum atomic E-state index is 13.7. The summed E-state index contributed by atoms with van der Waals surface area (Å²) in [6, 6.07) is 13.3. The van der Waals surface area contributed by atoms with Crippen molar-refractivity contribution in [3.63, 3.8) is 0 Å². The van der Waals surface area contributed by atoms with Crippen LogP contribution in [0.2, 0.25) is 0 Å². The molecule has 11 heteroatoms. The molecule has 2 aromatic carbocycles. The summed E-state index contributed by atoms with van der Waals surface area (Å²) in [5.74, 6) is -0.0233. The van der Waals surface area contributed by atoms with Gasteiger partial charge in [-0.3, -0.25) is 9.36 Å². The first-order valence-electron chi connectivity index (χ1n) is 11.9. The summed E-state index contributed by atoms with van der Waals surface area (Å²) in [6.07, 6.45) is 1.84. The number of rotatable bonds is 7. The Morgan fingerprint density at radius 3 is 2.54 bits per heavy atom. The minimum absolute atomic E-state index is 0.215. The standard InChI is InChI=1S/C28H21FI2N2O4S2/c1-3-36-27(35)23-15(2)32-28-33(24(23)21-5-4-10-38-21)26(34)22(39-28)13-17-11-19(30)25(20(31)12-17)37-14-16-6-8-18(29)9-7-16/h4-13,24H,3,14H2,1-2H3/b22-13-/t24-/m0/s1. The van der Waals surface area contributed by atoms with E-state index < -0.39 is 12.0 Å². The molecule has 0 saturated carbocycles. The Bertz CT molecular complexity index is 1740. The van der Waals surface area contributed by atoms with E-state index in [9.17, 15) is 14.0 Å². The van der Waals surface area contributed by atoms with E-state index in [-0.39, 0.29) is 18.0 Å². The molecule has 39 heavy (non-hydrogen) atoms. The number of nitrogens with zero attached hydrogens (tertiary/aromatic N) is 2. The van der Waals surface area contributed by atoms with Gasteiger partial charge < -0.3 is 9.47 Å². The van der Waals surface area contributed by atoms with Gasteiger partial charge in [0.15, 0.2) is 4.80 Å². The maximum absolute atomic E-state index is 13.7. The quantitative estimate of drug-likeness (QED) is 0.176. The first-order valence-corrected chi connectivity index (χ1v) is 15.7. The fourth-order valence-electron chi connectivity index (χ4n) is 4.20. The Morgan fingerprint density at radius 1 is 1.18 bits per heavy atom. The zero-order chi connectivity index (χ0) is 27.7. The lowest BCUT2D eigenvalue weighted by atomic mass is 10.0. The highest BCUT2D eigenvalue weighted by molar-refractivity contribution is 14.1. The van der Waals surface area contributed by atoms with Gasteiger partial charge in [0, 0.05) is 4.88 Å². The second-order valence-corrected chi connectivity index (χ2v) is 12.9. The number of aromatic nitrogens is 1. The van der Waals surface area contributed by atoms with Crippen LogP contribution in [0.15, 0.2) is 75.0 Å². The molecule has 200 valence electrons. The second kappa shape index (κ2) is 12.0. The number of halogens is 3. The fraction of sp³-hybridized carbons (Fsp3) is 0.179. The Morgan fingerprint density at radius 2 is 1.90 bits per heavy atom. The highest BCUT2D eigenvalue weighted by atomic mass is 127. The number of ether oxygens (including phenoxy) is 2. The third-order valence-electron chi connectivity index (χ3n) is 5.94. The molecule has 0 radical (unpaired) electrons. The number of allylic oxidation sites excluding steroid dienone is 1. The van der Waals surface area contributed by atoms with Crippen molar-refractivity contribution in [1.82, 2.24) is 4.57 Å². The van der Waals surface area contributed by atoms with Gasteiger partial charge in [-0.05, 0) is 112 Å². The number of thiazole rings is 1. The molecule has 0 bridgehead atoms. The van der Waals surface area contributed by atoms with Crippen LogP contribution in [-0.2, 0) is 16.1 Å². The van der Waals surface area contributed by atoms with Gasteiger partial charge in [-0.25, -0.2) is 14.2 Å². The molecule has 0 spiro atoms. The van der Waals surface area contributed by atoms with Crippen LogP contribution in [0.3, 0.4) is 0 Å². The van der Waals surface area contributed by atoms with E-state index in [0.717, 1.165) is 28.9 Å². The lowest BCUT2D eigenvalue weighted by Gasteiger charge is -2.23. The average Bonchev–Trinajstić information content (AvgIpc) is 3.52. The maximum Gasteiger partial charge on any atom is 0.338 e. The summed E-state index contributed by atoms with van der Waals surface area (Å²) in [5.41, 5.74) is 2.42. The molecule has 0 amide bonds. The Balaban J connectivity index is 1.52. The first kappa shape index (κ1) is 28.2. The topological polar surface area (TPSA) is 69.9 Å². The second-order valence-electron chi connectivity index (χ2n) is 8.55. The fourth-order valence-corrected chi connectivity index (χ4v) is 8.19. The van der Waals surface area contributed by atoms with E-state index >= 15 is 0 Å². The number of thiophene rings is 1. The molecule has 1 atom stereocenters. The minimum atomic E-state index is -0.593. The number of hydrogen-bond donors (Lipinski definition) is 0. The molecule has 1 aliphatic heterocycles. The molecule has 0 aliphatic carbocycles. The van der Waals surface area contributed by atoms with Crippen molar-refractivity contribution < 1.29 is 18.7 Å². The van der Waals surface area contributed by atoms with Crippen molar-refractivity contribution in [2.24, 2.45) is 4.99 Å². The van der Waals surface area contributed by atoms with E-state index in [2.05, 4.69) is 50.2 Å². The third-order valence-corrected chi connectivity index (χ3v) is 9.45. The number of esters is 1. The molecule has 0 unspecified atom stereocenters. The van der Waals surface area contributed by atoms with Gasteiger partial charge in [0.05, 0.1) is 29.5 Å². The van der Waals surface area contributed by atoms with Crippen molar-refractivity contribution in [3.8, 4) is 5.75 Å². The molecule has 2 aromatic heterocycles. The molecule has 3 heterocycles. The highest BCUT2D eigenvalue weighted by Gasteiger charge is 2.33. The van der Waals surface area contributed by atoms with Crippen molar-refractivity contribution in [2.45, 2.75) is 26.5 Å². The Labute approximate surface area is 258 Å². The molecular formula is C28H21FI2N2O4S2. The molecule has 0 saturated heterocycles. The van der Waals surface area contributed by atoms with Crippen LogP contribution >= 0.6 is 67.9 Å². The van der Waals surface area contributed by atoms with Crippen LogP contribution in [0.1, 0.15) is 35.9 Å². The van der Waals surface area contributed by atoms with Crippen LogP contribution < -0.4 is 19.6 Å². The number of fused-ring (bicyclic) bond motifs is 1. The summed E-state index contributed by atoms with van der Waals surface area (Å²) in [7, 11) is 0. The zero-order valence-electron chi connectivity index (χ0n) is 20.7. The third kappa shape index (κ3) is 5.91. The lowest BCUT2D eigenvalue weighted by molar-refractivity contribution is -0.139. The van der Waals surface area contributed by atoms with E-state index in [1.165, 1.54) is 34.8 Å². The number of hydrogen-bond acceptors (Lipinski definition) is 7. The SMILES string of the molecule is CCOC(=O)C1=C(C)N=c2s/c(=C\c3cc(I)c(OCc4ccc(F)cc4)c(I)c3)c(=O)n2[C@H]1c1cccs1. The van der Waals surface area contributed by atoms with Gasteiger partial charge >= 0.3 is 5.97 Å². The monoisotopic (exact) mass is 786 g/mol. The predicted molar refractivity (Wildman–Crippen MR) is 167 cm³/mol. The van der Waals surface area contributed by atoms with Crippen LogP contribution in [0.25, 0.3) is 6.08 Å². The van der Waals surface area contributed by atoms with Crippen molar-refractivity contribution in [1.29, 1.82) is 0 Å². The smallest absolute Gasteiger partial charge is 0.338 e. The summed E-state index contributed by atoms with van der Waals surface area (Å²) >= 11 is 7.20. The van der Waals surface area contributed by atoms with Crippen LogP contribution in [0.5, 0.6) is 5.75 Å². The Kier molecular flexibility index (Phi) is 8.69. The minimum Gasteiger partial charge on any atom is -0.487 e. The van der Waals surface area contributed by atoms with Gasteiger partial charge in [0.1, 0.15) is 24.2 Å². The van der Waals surface area contributed by atoms with Gasteiger partial charge in [0.25, 0.3) is 5.56 Å². The van der Waals surface area contributed by atoms with Gasteiger partial charge in [-0.1, -0.05) is 29.5 Å². The number of carbonyl (C=O) groups is 1. The lowest BCUT2D eigenvalue weighted by Crippen LogP contribution is -2.39. The van der Waals surface area contributed by atoms with Crippen molar-refractivity contribution in [2.75, 3.05) is 6.61 Å². The Hall–Kier alpha value is -2.36. The molecule has 5 rings (SSSR count). The van der Waals surface area contributed by atoms with E-state index in [1.54, 1.807) is 30.5 Å².